The summed E-state index contributed by atoms with van der Waals surface area (Å²) in [5.41, 5.74) is 2.17. The molecule has 2 heterocycles. The van der Waals surface area contributed by atoms with Gasteiger partial charge < -0.3 is 9.88 Å². The van der Waals surface area contributed by atoms with E-state index in [0.29, 0.717) is 0 Å². The molecule has 6 heteroatoms. The summed E-state index contributed by atoms with van der Waals surface area (Å²) < 4.78 is 2.18. The molecule has 5 nitrogen and oxygen atoms in total. The van der Waals surface area contributed by atoms with Crippen molar-refractivity contribution >= 4 is 27.5 Å². The fraction of sp³-hybridized carbons (Fsp3) is 0.357. The van der Waals surface area contributed by atoms with E-state index in [4.69, 9.17) is 0 Å². The number of fused-ring (bicyclic) bond motifs is 1. The Balaban J connectivity index is 1.85. The summed E-state index contributed by atoms with van der Waals surface area (Å²) in [6.45, 7) is 5.81. The largest absolute Gasteiger partial charge is 0.360 e. The van der Waals surface area contributed by atoms with Crippen molar-refractivity contribution in [2.75, 3.05) is 11.9 Å². The Morgan fingerprint density at radius 2 is 2.10 bits per heavy atom. The topological polar surface area (TPSA) is 55.6 Å². The van der Waals surface area contributed by atoms with Crippen LogP contribution in [0.2, 0.25) is 0 Å². The minimum Gasteiger partial charge on any atom is -0.360 e. The third-order valence-corrected chi connectivity index (χ3v) is 4.00. The molecular formula is C14H17N5S. The summed E-state index contributed by atoms with van der Waals surface area (Å²) in [5.74, 6) is 1.00. The van der Waals surface area contributed by atoms with E-state index < -0.39 is 0 Å². The number of benzene rings is 1. The van der Waals surface area contributed by atoms with Crippen molar-refractivity contribution in [2.45, 2.75) is 26.8 Å². The molecule has 0 unspecified atom stereocenters. The normalized spacial score (nSPS) is 11.1. The zero-order chi connectivity index (χ0) is 13.9. The van der Waals surface area contributed by atoms with Crippen LogP contribution in [0.5, 0.6) is 0 Å². The lowest BCUT2D eigenvalue weighted by Gasteiger charge is -2.03. The summed E-state index contributed by atoms with van der Waals surface area (Å²) >= 11 is 1.61. The molecule has 0 bridgehead atoms. The standard InChI is InChI=1S/C14H17N5S/c1-3-8-15-14-18-17-13(20-14)9-19-10(2)16-11-6-4-5-7-12(11)19/h4-7H,3,8-9H2,1-2H3,(H,15,18). The molecule has 3 rings (SSSR count). The number of aromatic nitrogens is 4. The second kappa shape index (κ2) is 5.58. The van der Waals surface area contributed by atoms with Crippen LogP contribution in [0.1, 0.15) is 24.2 Å². The van der Waals surface area contributed by atoms with Crippen molar-refractivity contribution in [2.24, 2.45) is 0 Å². The molecule has 0 saturated heterocycles. The first-order chi connectivity index (χ1) is 9.78. The van der Waals surface area contributed by atoms with Crippen LogP contribution in [-0.4, -0.2) is 26.3 Å². The highest BCUT2D eigenvalue weighted by molar-refractivity contribution is 7.15. The summed E-state index contributed by atoms with van der Waals surface area (Å²) in [5, 5.41) is 13.6. The average Bonchev–Trinajstić information content (AvgIpc) is 3.02. The minimum atomic E-state index is 0.720. The van der Waals surface area contributed by atoms with Gasteiger partial charge in [-0.05, 0) is 25.5 Å². The summed E-state index contributed by atoms with van der Waals surface area (Å²) in [6, 6.07) is 8.17. The number of nitrogens with one attached hydrogen (secondary N) is 1. The number of imidazole rings is 1. The molecule has 0 atom stereocenters. The predicted octanol–water partition coefficient (Wildman–Crippen LogP) is 3.07. The van der Waals surface area contributed by atoms with Gasteiger partial charge in [-0.2, -0.15) is 0 Å². The number of nitrogens with zero attached hydrogens (tertiary/aromatic N) is 4. The number of rotatable bonds is 5. The molecule has 1 N–H and O–H groups in total. The van der Waals surface area contributed by atoms with E-state index >= 15 is 0 Å². The van der Waals surface area contributed by atoms with E-state index in [1.807, 2.05) is 25.1 Å². The Morgan fingerprint density at radius 1 is 1.25 bits per heavy atom. The lowest BCUT2D eigenvalue weighted by molar-refractivity contribution is 0.768. The Kier molecular flexibility index (Phi) is 3.64. The molecule has 3 aromatic rings. The maximum absolute atomic E-state index is 4.57. The van der Waals surface area contributed by atoms with Crippen LogP contribution in [0.3, 0.4) is 0 Å². The summed E-state index contributed by atoms with van der Waals surface area (Å²) in [6.07, 6.45) is 1.08. The monoisotopic (exact) mass is 287 g/mol. The summed E-state index contributed by atoms with van der Waals surface area (Å²) in [4.78, 5) is 4.57. The number of para-hydroxylation sites is 2. The van der Waals surface area contributed by atoms with E-state index in [2.05, 4.69) is 38.1 Å². The Morgan fingerprint density at radius 3 is 2.95 bits per heavy atom. The highest BCUT2D eigenvalue weighted by atomic mass is 32.1. The van der Waals surface area contributed by atoms with E-state index in [0.717, 1.165) is 46.5 Å². The van der Waals surface area contributed by atoms with Crippen LogP contribution >= 0.6 is 11.3 Å². The number of anilines is 1. The van der Waals surface area contributed by atoms with Crippen LogP contribution in [0.4, 0.5) is 5.13 Å². The van der Waals surface area contributed by atoms with Gasteiger partial charge in [-0.1, -0.05) is 30.4 Å². The SMILES string of the molecule is CCCNc1nnc(Cn2c(C)nc3ccccc32)s1. The quantitative estimate of drug-likeness (QED) is 0.783. The van der Waals surface area contributed by atoms with E-state index in [9.17, 15) is 0 Å². The highest BCUT2D eigenvalue weighted by Crippen LogP contribution is 2.20. The zero-order valence-electron chi connectivity index (χ0n) is 11.6. The molecule has 0 radical (unpaired) electrons. The van der Waals surface area contributed by atoms with Gasteiger partial charge in [-0.25, -0.2) is 4.98 Å². The molecule has 20 heavy (non-hydrogen) atoms. The van der Waals surface area contributed by atoms with Crippen LogP contribution in [-0.2, 0) is 6.54 Å². The van der Waals surface area contributed by atoms with Crippen LogP contribution in [0.25, 0.3) is 11.0 Å². The van der Waals surface area contributed by atoms with Gasteiger partial charge in [-0.15, -0.1) is 10.2 Å². The van der Waals surface area contributed by atoms with Gasteiger partial charge >= 0.3 is 0 Å². The van der Waals surface area contributed by atoms with Crippen molar-refractivity contribution in [3.05, 3.63) is 35.1 Å². The highest BCUT2D eigenvalue weighted by Gasteiger charge is 2.10. The van der Waals surface area contributed by atoms with Crippen molar-refractivity contribution < 1.29 is 0 Å². The molecular weight excluding hydrogens is 270 g/mol. The molecule has 0 aliphatic carbocycles. The van der Waals surface area contributed by atoms with Crippen LogP contribution < -0.4 is 5.32 Å². The predicted molar refractivity (Wildman–Crippen MR) is 82.3 cm³/mol. The molecule has 1 aromatic carbocycles. The fourth-order valence-corrected chi connectivity index (χ4v) is 2.91. The van der Waals surface area contributed by atoms with Crippen molar-refractivity contribution in [3.8, 4) is 0 Å². The van der Waals surface area contributed by atoms with Gasteiger partial charge in [0.25, 0.3) is 0 Å². The van der Waals surface area contributed by atoms with Crippen molar-refractivity contribution in [1.82, 2.24) is 19.7 Å². The van der Waals surface area contributed by atoms with Crippen LogP contribution in [0, 0.1) is 6.92 Å². The molecule has 0 spiro atoms. The number of aryl methyl sites for hydroxylation is 1. The van der Waals surface area contributed by atoms with Gasteiger partial charge in [0.1, 0.15) is 10.8 Å². The third-order valence-electron chi connectivity index (χ3n) is 3.13. The minimum absolute atomic E-state index is 0.720. The maximum atomic E-state index is 4.57. The smallest absolute Gasteiger partial charge is 0.205 e. The Bertz CT molecular complexity index is 715. The van der Waals surface area contributed by atoms with Gasteiger partial charge in [0, 0.05) is 6.54 Å². The third kappa shape index (κ3) is 2.51. The van der Waals surface area contributed by atoms with Gasteiger partial charge in [-0.3, -0.25) is 0 Å². The molecule has 0 saturated carbocycles. The second-order valence-electron chi connectivity index (χ2n) is 4.66. The summed E-state index contributed by atoms with van der Waals surface area (Å²) in [7, 11) is 0. The zero-order valence-corrected chi connectivity index (χ0v) is 12.4. The average molecular weight is 287 g/mol. The second-order valence-corrected chi connectivity index (χ2v) is 5.72. The van der Waals surface area contributed by atoms with Gasteiger partial charge in [0.2, 0.25) is 5.13 Å². The Labute approximate surface area is 121 Å². The van der Waals surface area contributed by atoms with E-state index in [-0.39, 0.29) is 0 Å². The lowest BCUT2D eigenvalue weighted by Crippen LogP contribution is -2.01. The van der Waals surface area contributed by atoms with Crippen molar-refractivity contribution in [3.63, 3.8) is 0 Å². The molecule has 104 valence electrons. The maximum Gasteiger partial charge on any atom is 0.205 e. The first-order valence-electron chi connectivity index (χ1n) is 6.76. The molecule has 0 amide bonds. The first-order valence-corrected chi connectivity index (χ1v) is 7.57. The molecule has 0 aliphatic heterocycles. The fourth-order valence-electron chi connectivity index (χ4n) is 2.15. The molecule has 0 aliphatic rings. The van der Waals surface area contributed by atoms with Crippen molar-refractivity contribution in [1.29, 1.82) is 0 Å². The number of hydrogen-bond acceptors (Lipinski definition) is 5. The molecule has 0 fully saturated rings. The van der Waals surface area contributed by atoms with E-state index in [1.165, 1.54) is 0 Å². The van der Waals surface area contributed by atoms with Gasteiger partial charge in [0.15, 0.2) is 0 Å². The van der Waals surface area contributed by atoms with Gasteiger partial charge in [0.05, 0.1) is 17.6 Å². The first kappa shape index (κ1) is 13.1. The van der Waals surface area contributed by atoms with E-state index in [1.54, 1.807) is 11.3 Å². The lowest BCUT2D eigenvalue weighted by atomic mass is 10.3. The number of hydrogen-bond donors (Lipinski definition) is 1. The Hall–Kier alpha value is -1.95. The van der Waals surface area contributed by atoms with Crippen LogP contribution in [0.15, 0.2) is 24.3 Å². The molecule has 2 aromatic heterocycles.